The predicted molar refractivity (Wildman–Crippen MR) is 104 cm³/mol. The third-order valence-corrected chi connectivity index (χ3v) is 5.13. The molecule has 4 rings (SSSR count). The number of likely N-dealkylation sites (N-methyl/N-ethyl adjacent to an activating group) is 1. The van der Waals surface area contributed by atoms with Crippen molar-refractivity contribution in [3.63, 3.8) is 0 Å². The van der Waals surface area contributed by atoms with Gasteiger partial charge in [0.2, 0.25) is 5.91 Å². The van der Waals surface area contributed by atoms with E-state index in [9.17, 15) is 9.59 Å². The number of fused-ring (bicyclic) bond motifs is 1. The van der Waals surface area contributed by atoms with Crippen molar-refractivity contribution in [2.24, 2.45) is 0 Å². The Labute approximate surface area is 157 Å². The van der Waals surface area contributed by atoms with Gasteiger partial charge in [-0.05, 0) is 24.7 Å². The number of amides is 1. The number of carbonyl (C=O) groups excluding carboxylic acids is 1. The summed E-state index contributed by atoms with van der Waals surface area (Å²) < 4.78 is 1.41. The molecule has 0 aliphatic carbocycles. The molecule has 0 spiro atoms. The second kappa shape index (κ2) is 7.32. The Bertz CT molecular complexity index is 1020. The lowest BCUT2D eigenvalue weighted by atomic mass is 10.0. The maximum atomic E-state index is 13.1. The SMILES string of the molecule is CN1CCN(C(=O)Cn2cnc3ccccc3c2=O)[C@H](c2ccccc2)C1. The van der Waals surface area contributed by atoms with E-state index in [1.165, 1.54) is 10.9 Å². The van der Waals surface area contributed by atoms with Crippen molar-refractivity contribution in [3.05, 3.63) is 76.8 Å². The van der Waals surface area contributed by atoms with Gasteiger partial charge in [0, 0.05) is 19.6 Å². The molecule has 1 aliphatic rings. The lowest BCUT2D eigenvalue weighted by molar-refractivity contribution is -0.136. The summed E-state index contributed by atoms with van der Waals surface area (Å²) in [6.07, 6.45) is 1.47. The van der Waals surface area contributed by atoms with Gasteiger partial charge in [-0.25, -0.2) is 4.98 Å². The molecule has 0 bridgehead atoms. The molecule has 0 saturated carbocycles. The highest BCUT2D eigenvalue weighted by Crippen LogP contribution is 2.25. The van der Waals surface area contributed by atoms with Crippen LogP contribution in [0.3, 0.4) is 0 Å². The van der Waals surface area contributed by atoms with E-state index in [1.54, 1.807) is 12.1 Å². The summed E-state index contributed by atoms with van der Waals surface area (Å²) in [4.78, 5) is 34.2. The number of aromatic nitrogens is 2. The second-order valence-electron chi connectivity index (χ2n) is 6.97. The zero-order valence-electron chi connectivity index (χ0n) is 15.3. The molecular weight excluding hydrogens is 340 g/mol. The van der Waals surface area contributed by atoms with Gasteiger partial charge < -0.3 is 9.80 Å². The third kappa shape index (κ3) is 3.48. The molecular formula is C21H22N4O2. The number of hydrogen-bond donors (Lipinski definition) is 0. The van der Waals surface area contributed by atoms with Gasteiger partial charge in [0.25, 0.3) is 5.56 Å². The van der Waals surface area contributed by atoms with Crippen LogP contribution in [-0.2, 0) is 11.3 Å². The van der Waals surface area contributed by atoms with E-state index in [0.717, 1.165) is 18.7 Å². The van der Waals surface area contributed by atoms with Gasteiger partial charge in [0.05, 0.1) is 23.3 Å². The van der Waals surface area contributed by atoms with E-state index in [2.05, 4.69) is 16.9 Å². The van der Waals surface area contributed by atoms with Crippen LogP contribution in [0, 0.1) is 0 Å². The van der Waals surface area contributed by atoms with E-state index in [4.69, 9.17) is 0 Å². The number of nitrogens with zero attached hydrogens (tertiary/aromatic N) is 4. The smallest absolute Gasteiger partial charge is 0.261 e. The molecule has 1 aliphatic heterocycles. The third-order valence-electron chi connectivity index (χ3n) is 5.13. The lowest BCUT2D eigenvalue weighted by Crippen LogP contribution is -2.50. The highest BCUT2D eigenvalue weighted by Gasteiger charge is 2.30. The number of hydrogen-bond acceptors (Lipinski definition) is 4. The first-order valence-corrected chi connectivity index (χ1v) is 9.10. The number of benzene rings is 2. The van der Waals surface area contributed by atoms with Gasteiger partial charge in [-0.3, -0.25) is 14.2 Å². The van der Waals surface area contributed by atoms with Gasteiger partial charge in [-0.2, -0.15) is 0 Å². The first-order chi connectivity index (χ1) is 13.1. The van der Waals surface area contributed by atoms with Crippen LogP contribution < -0.4 is 5.56 Å². The normalized spacial score (nSPS) is 18.0. The molecule has 6 nitrogen and oxygen atoms in total. The molecule has 1 fully saturated rings. The summed E-state index contributed by atoms with van der Waals surface area (Å²) in [5, 5.41) is 0.533. The van der Waals surface area contributed by atoms with E-state index in [1.807, 2.05) is 47.4 Å². The van der Waals surface area contributed by atoms with Crippen molar-refractivity contribution < 1.29 is 4.79 Å². The molecule has 0 unspecified atom stereocenters. The van der Waals surface area contributed by atoms with Gasteiger partial charge in [0.15, 0.2) is 0 Å². The van der Waals surface area contributed by atoms with E-state index < -0.39 is 0 Å². The van der Waals surface area contributed by atoms with Gasteiger partial charge >= 0.3 is 0 Å². The van der Waals surface area contributed by atoms with Crippen molar-refractivity contribution in [1.29, 1.82) is 0 Å². The zero-order valence-corrected chi connectivity index (χ0v) is 15.3. The monoisotopic (exact) mass is 362 g/mol. The largest absolute Gasteiger partial charge is 0.332 e. The van der Waals surface area contributed by atoms with E-state index in [-0.39, 0.29) is 24.1 Å². The van der Waals surface area contributed by atoms with Crippen LogP contribution in [0.25, 0.3) is 10.9 Å². The molecule has 27 heavy (non-hydrogen) atoms. The fraction of sp³-hybridized carbons (Fsp3) is 0.286. The maximum absolute atomic E-state index is 13.1. The van der Waals surface area contributed by atoms with Crippen molar-refractivity contribution in [2.45, 2.75) is 12.6 Å². The number of piperazine rings is 1. The zero-order chi connectivity index (χ0) is 18.8. The summed E-state index contributed by atoms with van der Waals surface area (Å²) in [5.41, 5.74) is 1.58. The van der Waals surface area contributed by atoms with Crippen molar-refractivity contribution in [2.75, 3.05) is 26.7 Å². The summed E-state index contributed by atoms with van der Waals surface area (Å²) in [6.45, 7) is 2.24. The minimum Gasteiger partial charge on any atom is -0.332 e. The van der Waals surface area contributed by atoms with E-state index >= 15 is 0 Å². The molecule has 1 saturated heterocycles. The Kier molecular flexibility index (Phi) is 4.73. The molecule has 1 aromatic heterocycles. The average Bonchev–Trinajstić information content (AvgIpc) is 2.71. The minimum atomic E-state index is -0.181. The Balaban J connectivity index is 1.61. The molecule has 0 radical (unpaired) electrons. The summed E-state index contributed by atoms with van der Waals surface area (Å²) in [5.74, 6) is -0.0591. The Morgan fingerprint density at radius 3 is 2.63 bits per heavy atom. The summed E-state index contributed by atoms with van der Waals surface area (Å²) in [7, 11) is 2.06. The topological polar surface area (TPSA) is 58.4 Å². The number of carbonyl (C=O) groups is 1. The summed E-state index contributed by atoms with van der Waals surface area (Å²) in [6, 6.07) is 17.2. The highest BCUT2D eigenvalue weighted by molar-refractivity contribution is 5.79. The van der Waals surface area contributed by atoms with Crippen LogP contribution >= 0.6 is 0 Å². The van der Waals surface area contributed by atoms with Crippen molar-refractivity contribution in [1.82, 2.24) is 19.4 Å². The fourth-order valence-corrected chi connectivity index (χ4v) is 3.63. The quantitative estimate of drug-likeness (QED) is 0.714. The fourth-order valence-electron chi connectivity index (χ4n) is 3.63. The first-order valence-electron chi connectivity index (χ1n) is 9.10. The maximum Gasteiger partial charge on any atom is 0.261 e. The molecule has 1 atom stereocenters. The van der Waals surface area contributed by atoms with Crippen LogP contribution in [0.4, 0.5) is 0 Å². The minimum absolute atomic E-state index is 0.00369. The van der Waals surface area contributed by atoms with Gasteiger partial charge in [0.1, 0.15) is 6.54 Å². The average molecular weight is 362 g/mol. The molecule has 6 heteroatoms. The highest BCUT2D eigenvalue weighted by atomic mass is 16.2. The van der Waals surface area contributed by atoms with Crippen LogP contribution in [0.1, 0.15) is 11.6 Å². The first kappa shape index (κ1) is 17.4. The van der Waals surface area contributed by atoms with Crippen molar-refractivity contribution in [3.8, 4) is 0 Å². The Morgan fingerprint density at radius 2 is 1.81 bits per heavy atom. The van der Waals surface area contributed by atoms with Crippen LogP contribution in [0.5, 0.6) is 0 Å². The molecule has 2 heterocycles. The Hall–Kier alpha value is -2.99. The molecule has 138 valence electrons. The number of rotatable bonds is 3. The van der Waals surface area contributed by atoms with Gasteiger partial charge in [-0.15, -0.1) is 0 Å². The molecule has 0 N–H and O–H groups in total. The number of para-hydroxylation sites is 1. The van der Waals surface area contributed by atoms with Gasteiger partial charge in [-0.1, -0.05) is 42.5 Å². The molecule has 1 amide bonds. The standard InChI is InChI=1S/C21H22N4O2/c1-23-11-12-25(19(13-23)16-7-3-2-4-8-16)20(26)14-24-15-22-18-10-6-5-9-17(18)21(24)27/h2-10,15,19H,11-14H2,1H3/t19-/m0/s1. The summed E-state index contributed by atoms with van der Waals surface area (Å²) >= 11 is 0. The second-order valence-corrected chi connectivity index (χ2v) is 6.97. The molecule has 3 aromatic rings. The van der Waals surface area contributed by atoms with Crippen LogP contribution in [-0.4, -0.2) is 51.9 Å². The van der Waals surface area contributed by atoms with Crippen LogP contribution in [0.2, 0.25) is 0 Å². The van der Waals surface area contributed by atoms with Crippen LogP contribution in [0.15, 0.2) is 65.7 Å². The predicted octanol–water partition coefficient (Wildman–Crippen LogP) is 1.91. The van der Waals surface area contributed by atoms with Crippen molar-refractivity contribution >= 4 is 16.8 Å². The Morgan fingerprint density at radius 1 is 1.07 bits per heavy atom. The van der Waals surface area contributed by atoms with E-state index in [0.29, 0.717) is 17.4 Å². The lowest BCUT2D eigenvalue weighted by Gasteiger charge is -2.40. The molecule has 2 aromatic carbocycles.